The first-order valence-electron chi connectivity index (χ1n) is 9.22. The van der Waals surface area contributed by atoms with E-state index in [-0.39, 0.29) is 21.6 Å². The van der Waals surface area contributed by atoms with Gasteiger partial charge in [0.1, 0.15) is 16.4 Å². The van der Waals surface area contributed by atoms with Crippen molar-refractivity contribution in [3.05, 3.63) is 53.1 Å². The fourth-order valence-corrected chi connectivity index (χ4v) is 3.72. The van der Waals surface area contributed by atoms with Gasteiger partial charge in [0.25, 0.3) is 5.97 Å². The normalized spacial score (nSPS) is 10.4. The average Bonchev–Trinajstić information content (AvgIpc) is 2.63. The summed E-state index contributed by atoms with van der Waals surface area (Å²) in [5, 5.41) is 17.3. The molecule has 2 aromatic carbocycles. The number of unbranched alkanes of at least 4 members (excludes halogenated alkanes) is 1. The summed E-state index contributed by atoms with van der Waals surface area (Å²) in [5.41, 5.74) is 6.00. The molecule has 0 fully saturated rings. The lowest BCUT2D eigenvalue weighted by atomic mass is 10.2. The van der Waals surface area contributed by atoms with E-state index in [0.29, 0.717) is 18.9 Å². The third kappa shape index (κ3) is 10.6. The fourth-order valence-electron chi connectivity index (χ4n) is 2.30. The summed E-state index contributed by atoms with van der Waals surface area (Å²) < 4.78 is 35.8. The van der Waals surface area contributed by atoms with E-state index < -0.39 is 16.1 Å². The van der Waals surface area contributed by atoms with E-state index in [4.69, 9.17) is 41.6 Å². The van der Waals surface area contributed by atoms with Gasteiger partial charge in [0, 0.05) is 19.5 Å². The molecule has 0 spiro atoms. The summed E-state index contributed by atoms with van der Waals surface area (Å²) >= 11 is 5.96. The van der Waals surface area contributed by atoms with Gasteiger partial charge in [-0.3, -0.25) is 10.2 Å². The Morgan fingerprint density at radius 1 is 1.19 bits per heavy atom. The van der Waals surface area contributed by atoms with Crippen molar-refractivity contribution < 1.29 is 27.2 Å². The minimum atomic E-state index is -4.05. The molecule has 170 valence electrons. The van der Waals surface area contributed by atoms with Crippen LogP contribution in [0.2, 0.25) is 5.02 Å². The molecule has 9 nitrogen and oxygen atoms in total. The first-order chi connectivity index (χ1) is 14.5. The second-order valence-electron chi connectivity index (χ2n) is 6.36. The topological polar surface area (TPSA) is 152 Å². The Hall–Kier alpha value is -2.98. The van der Waals surface area contributed by atoms with Crippen LogP contribution < -0.4 is 20.0 Å². The van der Waals surface area contributed by atoms with Crippen LogP contribution in [-0.2, 0) is 14.9 Å². The Morgan fingerprint density at radius 2 is 1.81 bits per heavy atom. The molecule has 0 aliphatic heterocycles. The molecule has 0 saturated carbocycles. The van der Waals surface area contributed by atoms with Gasteiger partial charge >= 0.3 is 10.1 Å². The molecule has 11 heteroatoms. The van der Waals surface area contributed by atoms with Crippen LogP contribution in [0.3, 0.4) is 0 Å². The summed E-state index contributed by atoms with van der Waals surface area (Å²) in [7, 11) is -4.05. The highest BCUT2D eigenvalue weighted by Crippen LogP contribution is 2.28. The second kappa shape index (κ2) is 12.7. The minimum absolute atomic E-state index is 0.0591. The Labute approximate surface area is 186 Å². The van der Waals surface area contributed by atoms with Crippen LogP contribution in [0.25, 0.3) is 0 Å². The van der Waals surface area contributed by atoms with Crippen molar-refractivity contribution >= 4 is 33.6 Å². The van der Waals surface area contributed by atoms with Crippen LogP contribution >= 0.6 is 11.6 Å². The summed E-state index contributed by atoms with van der Waals surface area (Å²) in [6, 6.07) is 11.0. The molecule has 0 bridgehead atoms. The molecule has 5 N–H and O–H groups in total. The monoisotopic (exact) mass is 471 g/mol. The van der Waals surface area contributed by atoms with E-state index >= 15 is 0 Å². The van der Waals surface area contributed by atoms with Gasteiger partial charge in [-0.1, -0.05) is 23.7 Å². The summed E-state index contributed by atoms with van der Waals surface area (Å²) in [4.78, 5) is 8.91. The predicted molar refractivity (Wildman–Crippen MR) is 118 cm³/mol. The molecular formula is C20H26ClN3O6S. The summed E-state index contributed by atoms with van der Waals surface area (Å²) in [6.07, 6.45) is 1.54. The van der Waals surface area contributed by atoms with E-state index in [1.165, 1.54) is 18.2 Å². The lowest BCUT2D eigenvalue weighted by Gasteiger charge is -2.12. The molecule has 0 amide bonds. The van der Waals surface area contributed by atoms with Crippen LogP contribution in [0.1, 0.15) is 25.3 Å². The molecule has 0 aliphatic carbocycles. The quantitative estimate of drug-likeness (QED) is 0.188. The third-order valence-electron chi connectivity index (χ3n) is 3.49. The molecule has 2 rings (SSSR count). The number of carboxylic acids is 1. The number of ether oxygens (including phenoxy) is 1. The summed E-state index contributed by atoms with van der Waals surface area (Å²) in [5.74, 6) is -0.224. The van der Waals surface area contributed by atoms with E-state index in [1.807, 2.05) is 6.92 Å². The largest absolute Gasteiger partial charge is 0.493 e. The Morgan fingerprint density at radius 3 is 2.42 bits per heavy atom. The molecule has 0 unspecified atom stereocenters. The summed E-state index contributed by atoms with van der Waals surface area (Å²) in [6.45, 7) is 3.94. The van der Waals surface area contributed by atoms with Crippen LogP contribution in [0, 0.1) is 12.3 Å². The molecule has 31 heavy (non-hydrogen) atoms. The maximum Gasteiger partial charge on any atom is 0.340 e. The van der Waals surface area contributed by atoms with Gasteiger partial charge in [-0.05, 0) is 49.6 Å². The standard InChI is InChI=1S/C18H22ClN3O4S.C2H4O2/c1-13-10-14(25-9-5-4-8-22-18(20)21)12-15(11-13)26-27(23,24)17-7-3-2-6-16(17)19;1-2(3)4/h2-3,6-7,10-12H,4-5,8-9H2,1H3,(H4,20,21,22);1H3,(H,3,4). The first-order valence-corrected chi connectivity index (χ1v) is 11.0. The van der Waals surface area contributed by atoms with Crippen molar-refractivity contribution in [2.45, 2.75) is 31.6 Å². The van der Waals surface area contributed by atoms with Gasteiger partial charge < -0.3 is 25.1 Å². The highest BCUT2D eigenvalue weighted by molar-refractivity contribution is 7.87. The number of hydrogen-bond donors (Lipinski definition) is 4. The van der Waals surface area contributed by atoms with E-state index in [9.17, 15) is 8.42 Å². The molecule has 0 aromatic heterocycles. The van der Waals surface area contributed by atoms with Crippen LogP contribution in [0.15, 0.2) is 47.4 Å². The average molecular weight is 472 g/mol. The maximum atomic E-state index is 12.5. The molecule has 0 aliphatic rings. The zero-order valence-corrected chi connectivity index (χ0v) is 18.8. The Kier molecular flexibility index (Phi) is 10.6. The number of hydrogen-bond acceptors (Lipinski definition) is 6. The number of halogens is 1. The van der Waals surface area contributed by atoms with Gasteiger partial charge in [0.05, 0.1) is 11.6 Å². The molecule has 0 heterocycles. The third-order valence-corrected chi connectivity index (χ3v) is 5.24. The number of nitrogens with two attached hydrogens (primary N) is 1. The van der Waals surface area contributed by atoms with Crippen LogP contribution in [0.5, 0.6) is 11.5 Å². The van der Waals surface area contributed by atoms with Crippen LogP contribution in [0.4, 0.5) is 0 Å². The number of aliphatic carboxylic acids is 1. The van der Waals surface area contributed by atoms with Gasteiger partial charge in [-0.25, -0.2) is 0 Å². The number of guanidine groups is 1. The van der Waals surface area contributed by atoms with Gasteiger partial charge in [-0.2, -0.15) is 8.42 Å². The van der Waals surface area contributed by atoms with Crippen molar-refractivity contribution in [1.82, 2.24) is 5.32 Å². The van der Waals surface area contributed by atoms with Gasteiger partial charge in [0.2, 0.25) is 0 Å². The SMILES string of the molecule is CC(=O)O.Cc1cc(OCCCCNC(=N)N)cc(OS(=O)(=O)c2ccccc2Cl)c1. The lowest BCUT2D eigenvalue weighted by Crippen LogP contribution is -2.31. The number of carboxylic acid groups (broad SMARTS) is 1. The van der Waals surface area contributed by atoms with Crippen molar-refractivity contribution in [1.29, 1.82) is 5.41 Å². The predicted octanol–water partition coefficient (Wildman–Crippen LogP) is 3.15. The van der Waals surface area contributed by atoms with Crippen LogP contribution in [-0.4, -0.2) is 38.6 Å². The number of nitrogens with one attached hydrogen (secondary N) is 2. The Bertz CT molecular complexity index is 994. The fraction of sp³-hybridized carbons (Fsp3) is 0.300. The highest BCUT2D eigenvalue weighted by atomic mass is 35.5. The molecule has 0 radical (unpaired) electrons. The van der Waals surface area contributed by atoms with Gasteiger partial charge in [-0.15, -0.1) is 0 Å². The Balaban J connectivity index is 0.00000110. The molecule has 0 atom stereocenters. The second-order valence-corrected chi connectivity index (χ2v) is 8.29. The smallest absolute Gasteiger partial charge is 0.340 e. The first kappa shape index (κ1) is 26.1. The van der Waals surface area contributed by atoms with Crippen molar-refractivity contribution in [3.63, 3.8) is 0 Å². The molecular weight excluding hydrogens is 446 g/mol. The molecule has 2 aromatic rings. The highest BCUT2D eigenvalue weighted by Gasteiger charge is 2.20. The van der Waals surface area contributed by atoms with Gasteiger partial charge in [0.15, 0.2) is 5.96 Å². The zero-order chi connectivity index (χ0) is 23.4. The number of rotatable bonds is 9. The lowest BCUT2D eigenvalue weighted by molar-refractivity contribution is -0.134. The van der Waals surface area contributed by atoms with E-state index in [2.05, 4.69) is 5.32 Å². The van der Waals surface area contributed by atoms with Crippen molar-refractivity contribution in [2.75, 3.05) is 13.2 Å². The number of carbonyl (C=O) groups is 1. The number of benzene rings is 2. The minimum Gasteiger partial charge on any atom is -0.493 e. The maximum absolute atomic E-state index is 12.5. The molecule has 0 saturated heterocycles. The number of aryl methyl sites for hydroxylation is 1. The van der Waals surface area contributed by atoms with E-state index in [1.54, 1.807) is 24.3 Å². The van der Waals surface area contributed by atoms with Crippen molar-refractivity contribution in [2.24, 2.45) is 5.73 Å². The van der Waals surface area contributed by atoms with Crippen molar-refractivity contribution in [3.8, 4) is 11.5 Å². The zero-order valence-electron chi connectivity index (χ0n) is 17.2. The van der Waals surface area contributed by atoms with E-state index in [0.717, 1.165) is 25.3 Å².